The molecule has 0 unspecified atom stereocenters. The lowest BCUT2D eigenvalue weighted by Crippen LogP contribution is -1.92. The third kappa shape index (κ3) is 1.64. The Balaban J connectivity index is 3.13. The molecule has 60 valence electrons. The van der Waals surface area contributed by atoms with Crippen LogP contribution < -0.4 is 0 Å². The van der Waals surface area contributed by atoms with Crippen LogP contribution in [-0.4, -0.2) is 15.2 Å². The Morgan fingerprint density at radius 3 is 2.64 bits per heavy atom. The molecule has 0 saturated carbocycles. The number of hydrogen-bond donors (Lipinski definition) is 3. The van der Waals surface area contributed by atoms with Gasteiger partial charge in [0.15, 0.2) is 0 Å². The van der Waals surface area contributed by atoms with Crippen LogP contribution in [0, 0.1) is 0 Å². The summed E-state index contributed by atoms with van der Waals surface area (Å²) in [7, 11) is 0. The number of aliphatic hydroxyl groups excluding tert-OH is 1. The summed E-state index contributed by atoms with van der Waals surface area (Å²) in [5.41, 5.74) is 1.27. The molecule has 1 heterocycles. The Kier molecular flexibility index (Phi) is 2.73. The third-order valence-electron chi connectivity index (χ3n) is 1.45. The van der Waals surface area contributed by atoms with E-state index < -0.39 is 0 Å². The molecule has 4 heteroatoms. The predicted molar refractivity (Wildman–Crippen MR) is 44.5 cm³/mol. The summed E-state index contributed by atoms with van der Waals surface area (Å²) in [6.07, 6.45) is 2.89. The molecular formula is C7H9NO2S. The van der Waals surface area contributed by atoms with Crippen LogP contribution in [0.5, 0.6) is 5.75 Å². The molecule has 0 saturated heterocycles. The van der Waals surface area contributed by atoms with E-state index in [1.165, 1.54) is 6.20 Å². The van der Waals surface area contributed by atoms with Crippen LogP contribution in [-0.2, 0) is 12.4 Å². The number of aliphatic hydroxyl groups is 1. The van der Waals surface area contributed by atoms with Gasteiger partial charge in [-0.3, -0.25) is 4.98 Å². The predicted octanol–water partition coefficient (Wildman–Crippen LogP) is 0.709. The summed E-state index contributed by atoms with van der Waals surface area (Å²) in [6.45, 7) is -0.176. The highest BCUT2D eigenvalue weighted by Crippen LogP contribution is 2.20. The highest BCUT2D eigenvalue weighted by atomic mass is 32.1. The largest absolute Gasteiger partial charge is 0.506 e. The number of thiol groups is 1. The van der Waals surface area contributed by atoms with E-state index in [0.29, 0.717) is 11.3 Å². The lowest BCUT2D eigenvalue weighted by molar-refractivity contribution is 0.274. The second kappa shape index (κ2) is 3.59. The van der Waals surface area contributed by atoms with E-state index in [1.54, 1.807) is 6.20 Å². The molecule has 1 aromatic rings. The molecule has 3 nitrogen and oxygen atoms in total. The first kappa shape index (κ1) is 8.36. The summed E-state index contributed by atoms with van der Waals surface area (Å²) >= 11 is 4.02. The van der Waals surface area contributed by atoms with Gasteiger partial charge < -0.3 is 10.2 Å². The van der Waals surface area contributed by atoms with E-state index in [-0.39, 0.29) is 12.4 Å². The molecule has 0 radical (unpaired) electrons. The smallest absolute Gasteiger partial charge is 0.139 e. The zero-order chi connectivity index (χ0) is 8.27. The monoisotopic (exact) mass is 171 g/mol. The van der Waals surface area contributed by atoms with Gasteiger partial charge in [-0.1, -0.05) is 0 Å². The Labute approximate surface area is 70.1 Å². The number of hydrogen-bond acceptors (Lipinski definition) is 4. The maximum absolute atomic E-state index is 9.17. The Morgan fingerprint density at radius 1 is 1.45 bits per heavy atom. The maximum Gasteiger partial charge on any atom is 0.139 e. The van der Waals surface area contributed by atoms with Gasteiger partial charge in [-0.05, 0) is 5.56 Å². The fourth-order valence-corrected chi connectivity index (χ4v) is 1.11. The van der Waals surface area contributed by atoms with Gasteiger partial charge in [0.05, 0.1) is 12.8 Å². The van der Waals surface area contributed by atoms with Crippen molar-refractivity contribution in [2.24, 2.45) is 0 Å². The lowest BCUT2D eigenvalue weighted by atomic mass is 10.1. The van der Waals surface area contributed by atoms with Crippen molar-refractivity contribution in [3.05, 3.63) is 23.5 Å². The van der Waals surface area contributed by atoms with Crippen LogP contribution in [0.2, 0.25) is 0 Å². The fourth-order valence-electron chi connectivity index (χ4n) is 0.837. The summed E-state index contributed by atoms with van der Waals surface area (Å²) in [5, 5.41) is 18.0. The van der Waals surface area contributed by atoms with Crippen molar-refractivity contribution < 1.29 is 10.2 Å². The molecule has 1 rings (SSSR count). The first-order chi connectivity index (χ1) is 5.29. The summed E-state index contributed by atoms with van der Waals surface area (Å²) < 4.78 is 0. The van der Waals surface area contributed by atoms with Crippen molar-refractivity contribution in [1.29, 1.82) is 0 Å². The van der Waals surface area contributed by atoms with Crippen LogP contribution >= 0.6 is 12.6 Å². The molecule has 0 amide bonds. The van der Waals surface area contributed by atoms with Gasteiger partial charge in [-0.2, -0.15) is 12.6 Å². The van der Waals surface area contributed by atoms with Gasteiger partial charge in [0.25, 0.3) is 0 Å². The Morgan fingerprint density at radius 2 is 2.18 bits per heavy atom. The van der Waals surface area contributed by atoms with Crippen LogP contribution in [0.25, 0.3) is 0 Å². The number of pyridine rings is 1. The molecule has 2 N–H and O–H groups in total. The van der Waals surface area contributed by atoms with Crippen molar-refractivity contribution in [1.82, 2.24) is 4.98 Å². The molecular weight excluding hydrogens is 162 g/mol. The minimum absolute atomic E-state index is 0.0269. The zero-order valence-corrected chi connectivity index (χ0v) is 6.75. The minimum Gasteiger partial charge on any atom is -0.506 e. The Bertz CT molecular complexity index is 252. The Hall–Kier alpha value is -0.740. The van der Waals surface area contributed by atoms with Crippen LogP contribution in [0.3, 0.4) is 0 Å². The molecule has 1 aromatic heterocycles. The minimum atomic E-state index is -0.176. The summed E-state index contributed by atoms with van der Waals surface area (Å²) in [4.78, 5) is 3.75. The average molecular weight is 171 g/mol. The van der Waals surface area contributed by atoms with Crippen molar-refractivity contribution >= 4 is 12.6 Å². The van der Waals surface area contributed by atoms with E-state index in [1.807, 2.05) is 0 Å². The maximum atomic E-state index is 9.17. The van der Waals surface area contributed by atoms with Crippen LogP contribution in [0.1, 0.15) is 11.1 Å². The zero-order valence-electron chi connectivity index (χ0n) is 5.86. The fraction of sp³-hybridized carbons (Fsp3) is 0.286. The number of rotatable bonds is 2. The number of aromatic hydroxyl groups is 1. The normalized spacial score (nSPS) is 10.0. The highest BCUT2D eigenvalue weighted by molar-refractivity contribution is 7.79. The first-order valence-electron chi connectivity index (χ1n) is 3.16. The highest BCUT2D eigenvalue weighted by Gasteiger charge is 2.04. The van der Waals surface area contributed by atoms with E-state index in [2.05, 4.69) is 17.6 Å². The van der Waals surface area contributed by atoms with E-state index in [0.717, 1.165) is 5.56 Å². The van der Waals surface area contributed by atoms with E-state index >= 15 is 0 Å². The molecule has 0 aliphatic carbocycles. The van der Waals surface area contributed by atoms with Crippen molar-refractivity contribution in [3.63, 3.8) is 0 Å². The van der Waals surface area contributed by atoms with Gasteiger partial charge in [-0.15, -0.1) is 0 Å². The van der Waals surface area contributed by atoms with Crippen molar-refractivity contribution in [3.8, 4) is 5.75 Å². The summed E-state index contributed by atoms with van der Waals surface area (Å²) in [6, 6.07) is 0. The molecule has 0 aliphatic heterocycles. The molecule has 11 heavy (non-hydrogen) atoms. The number of aromatic nitrogens is 1. The van der Waals surface area contributed by atoms with Gasteiger partial charge in [0.2, 0.25) is 0 Å². The quantitative estimate of drug-likeness (QED) is 0.574. The van der Waals surface area contributed by atoms with Crippen LogP contribution in [0.15, 0.2) is 12.4 Å². The van der Waals surface area contributed by atoms with E-state index in [4.69, 9.17) is 10.2 Å². The van der Waals surface area contributed by atoms with Crippen molar-refractivity contribution in [2.75, 3.05) is 0 Å². The summed E-state index contributed by atoms with van der Waals surface area (Å²) in [5.74, 6) is 0.496. The molecule has 0 aliphatic rings. The average Bonchev–Trinajstić information content (AvgIpc) is 2.04. The topological polar surface area (TPSA) is 53.4 Å². The second-order valence-corrected chi connectivity index (χ2v) is 2.43. The SMILES string of the molecule is OCc1c(O)cncc1CS. The molecule has 0 aromatic carbocycles. The van der Waals surface area contributed by atoms with Crippen LogP contribution in [0.4, 0.5) is 0 Å². The molecule has 0 bridgehead atoms. The van der Waals surface area contributed by atoms with Crippen molar-refractivity contribution in [2.45, 2.75) is 12.4 Å². The lowest BCUT2D eigenvalue weighted by Gasteiger charge is -2.04. The van der Waals surface area contributed by atoms with Gasteiger partial charge in [0.1, 0.15) is 5.75 Å². The van der Waals surface area contributed by atoms with Gasteiger partial charge in [-0.25, -0.2) is 0 Å². The van der Waals surface area contributed by atoms with Gasteiger partial charge in [0, 0.05) is 17.5 Å². The molecule has 0 atom stereocenters. The molecule has 0 spiro atoms. The van der Waals surface area contributed by atoms with Gasteiger partial charge >= 0.3 is 0 Å². The number of nitrogens with zero attached hydrogens (tertiary/aromatic N) is 1. The van der Waals surface area contributed by atoms with E-state index in [9.17, 15) is 0 Å². The third-order valence-corrected chi connectivity index (χ3v) is 1.79. The standard InChI is InChI=1S/C7H9NO2S/c9-3-6-5(4-11)1-8-2-7(6)10/h1-2,9-11H,3-4H2. The first-order valence-corrected chi connectivity index (χ1v) is 3.79. The second-order valence-electron chi connectivity index (χ2n) is 2.11. The molecule has 0 fully saturated rings.